The van der Waals surface area contributed by atoms with Crippen LogP contribution in [0.1, 0.15) is 31.1 Å². The van der Waals surface area contributed by atoms with Crippen LogP contribution in [0.3, 0.4) is 0 Å². The average Bonchev–Trinajstić information content (AvgIpc) is 3.02. The maximum Gasteiger partial charge on any atom is 0.230 e. The number of amides is 1. The van der Waals surface area contributed by atoms with E-state index < -0.39 is 0 Å². The summed E-state index contributed by atoms with van der Waals surface area (Å²) in [6, 6.07) is 0.429. The molecular weight excluding hydrogens is 290 g/mol. The molecule has 2 N–H and O–H groups in total. The number of carbonyl (C=O) groups excluding carboxylic acids is 1. The van der Waals surface area contributed by atoms with Gasteiger partial charge in [-0.25, -0.2) is 9.67 Å². The van der Waals surface area contributed by atoms with Crippen LogP contribution in [-0.4, -0.2) is 48.4 Å². The third-order valence-corrected chi connectivity index (χ3v) is 4.09. The highest BCUT2D eigenvalue weighted by molar-refractivity contribution is 7.99. The highest BCUT2D eigenvalue weighted by atomic mass is 32.2. The second-order valence-electron chi connectivity index (χ2n) is 4.92. The molecule has 21 heavy (non-hydrogen) atoms. The van der Waals surface area contributed by atoms with Crippen LogP contribution < -0.4 is 5.32 Å². The highest BCUT2D eigenvalue weighted by Gasteiger charge is 2.28. The van der Waals surface area contributed by atoms with Crippen LogP contribution in [0.5, 0.6) is 0 Å². The molecule has 1 aliphatic rings. The normalized spacial score (nSPS) is 14.3. The lowest BCUT2D eigenvalue weighted by atomic mass is 10.3. The Morgan fingerprint density at radius 1 is 1.52 bits per heavy atom. The molecular formula is C12H17N7OS. The van der Waals surface area contributed by atoms with E-state index >= 15 is 0 Å². The van der Waals surface area contributed by atoms with Crippen LogP contribution in [0, 0.1) is 0 Å². The molecule has 2 aromatic heterocycles. The monoisotopic (exact) mass is 307 g/mol. The Morgan fingerprint density at radius 2 is 2.43 bits per heavy atom. The molecule has 1 fully saturated rings. The van der Waals surface area contributed by atoms with Crippen LogP contribution >= 0.6 is 11.8 Å². The number of nitrogens with one attached hydrogen (secondary N) is 2. The van der Waals surface area contributed by atoms with Crippen molar-refractivity contribution in [1.29, 1.82) is 0 Å². The van der Waals surface area contributed by atoms with Gasteiger partial charge >= 0.3 is 0 Å². The standard InChI is InChI=1S/C12H17N7OS/c20-11(15-5-1-2-10-13-6-7-14-10)8-21-12-16-17-18-19(12)9-3-4-9/h6-7,9H,1-5,8H2,(H,13,14)(H,15,20). The van der Waals surface area contributed by atoms with Crippen LogP contribution in [0.25, 0.3) is 0 Å². The number of H-pyrrole nitrogens is 1. The van der Waals surface area contributed by atoms with E-state index in [0.717, 1.165) is 36.7 Å². The number of imidazole rings is 1. The van der Waals surface area contributed by atoms with Gasteiger partial charge in [-0.2, -0.15) is 0 Å². The van der Waals surface area contributed by atoms with E-state index in [1.54, 1.807) is 12.4 Å². The number of hydrogen-bond acceptors (Lipinski definition) is 6. The topological polar surface area (TPSA) is 101 Å². The molecule has 0 saturated heterocycles. The number of aromatic amines is 1. The van der Waals surface area contributed by atoms with Gasteiger partial charge in [-0.15, -0.1) is 5.10 Å². The fourth-order valence-electron chi connectivity index (χ4n) is 1.93. The summed E-state index contributed by atoms with van der Waals surface area (Å²) in [7, 11) is 0. The summed E-state index contributed by atoms with van der Waals surface area (Å²) in [6.45, 7) is 0.646. The minimum atomic E-state index is 0.00444. The van der Waals surface area contributed by atoms with Gasteiger partial charge in [0.2, 0.25) is 11.1 Å². The zero-order valence-corrected chi connectivity index (χ0v) is 12.3. The molecule has 0 unspecified atom stereocenters. The van der Waals surface area contributed by atoms with Gasteiger partial charge < -0.3 is 10.3 Å². The smallest absolute Gasteiger partial charge is 0.230 e. The number of carbonyl (C=O) groups is 1. The Morgan fingerprint density at radius 3 is 3.19 bits per heavy atom. The first kappa shape index (κ1) is 14.1. The van der Waals surface area contributed by atoms with E-state index in [1.165, 1.54) is 11.8 Å². The second-order valence-corrected chi connectivity index (χ2v) is 5.86. The number of aryl methyl sites for hydroxylation is 1. The molecule has 2 aromatic rings. The van der Waals surface area contributed by atoms with Gasteiger partial charge in [0.25, 0.3) is 0 Å². The number of thioether (sulfide) groups is 1. The third kappa shape index (κ3) is 4.03. The second kappa shape index (κ2) is 6.70. The summed E-state index contributed by atoms with van der Waals surface area (Å²) in [5.74, 6) is 1.29. The predicted octanol–water partition coefficient (Wildman–Crippen LogP) is 0.572. The van der Waals surface area contributed by atoms with E-state index in [-0.39, 0.29) is 5.91 Å². The van der Waals surface area contributed by atoms with Crippen molar-refractivity contribution < 1.29 is 4.79 Å². The van der Waals surface area contributed by atoms with Gasteiger partial charge in [0, 0.05) is 25.4 Å². The zero-order valence-electron chi connectivity index (χ0n) is 11.5. The number of hydrogen-bond donors (Lipinski definition) is 2. The van der Waals surface area contributed by atoms with Gasteiger partial charge in [-0.05, 0) is 29.7 Å². The first-order chi connectivity index (χ1) is 10.3. The first-order valence-electron chi connectivity index (χ1n) is 6.98. The Balaban J connectivity index is 1.33. The molecule has 0 spiro atoms. The maximum atomic E-state index is 11.8. The molecule has 3 rings (SSSR count). The minimum Gasteiger partial charge on any atom is -0.355 e. The molecule has 0 radical (unpaired) electrons. The molecule has 0 aliphatic heterocycles. The molecule has 8 nitrogen and oxygen atoms in total. The molecule has 1 aliphatic carbocycles. The van der Waals surface area contributed by atoms with Crippen molar-refractivity contribution in [2.75, 3.05) is 12.3 Å². The molecule has 0 aromatic carbocycles. The van der Waals surface area contributed by atoms with Crippen molar-refractivity contribution in [3.8, 4) is 0 Å². The van der Waals surface area contributed by atoms with Crippen LogP contribution in [-0.2, 0) is 11.2 Å². The Bertz CT molecular complexity index is 578. The van der Waals surface area contributed by atoms with Gasteiger partial charge in [0.15, 0.2) is 0 Å². The summed E-state index contributed by atoms with van der Waals surface area (Å²) >= 11 is 1.38. The number of nitrogens with zero attached hydrogens (tertiary/aromatic N) is 5. The zero-order chi connectivity index (χ0) is 14.5. The lowest BCUT2D eigenvalue weighted by Gasteiger charge is -2.04. The summed E-state index contributed by atoms with van der Waals surface area (Å²) in [6.07, 6.45) is 7.47. The number of aromatic nitrogens is 6. The fourth-order valence-corrected chi connectivity index (χ4v) is 2.70. The van der Waals surface area contributed by atoms with E-state index in [4.69, 9.17) is 0 Å². The quantitative estimate of drug-likeness (QED) is 0.546. The molecule has 0 atom stereocenters. The van der Waals surface area contributed by atoms with Crippen LogP contribution in [0.15, 0.2) is 17.6 Å². The molecule has 0 bridgehead atoms. The summed E-state index contributed by atoms with van der Waals surface area (Å²) in [4.78, 5) is 18.9. The average molecular weight is 307 g/mol. The lowest BCUT2D eigenvalue weighted by molar-refractivity contribution is -0.118. The van der Waals surface area contributed by atoms with E-state index in [1.807, 2.05) is 4.68 Å². The molecule has 2 heterocycles. The largest absolute Gasteiger partial charge is 0.355 e. The van der Waals surface area contributed by atoms with Crippen molar-refractivity contribution in [1.82, 2.24) is 35.5 Å². The molecule has 1 amide bonds. The number of tetrazole rings is 1. The van der Waals surface area contributed by atoms with Crippen molar-refractivity contribution in [2.45, 2.75) is 36.9 Å². The molecule has 9 heteroatoms. The lowest BCUT2D eigenvalue weighted by Crippen LogP contribution is -2.26. The van der Waals surface area contributed by atoms with Gasteiger partial charge in [0.05, 0.1) is 11.8 Å². The Kier molecular flexibility index (Phi) is 4.49. The molecule has 1 saturated carbocycles. The van der Waals surface area contributed by atoms with Crippen molar-refractivity contribution in [2.24, 2.45) is 0 Å². The van der Waals surface area contributed by atoms with Crippen molar-refractivity contribution in [3.63, 3.8) is 0 Å². The summed E-state index contributed by atoms with van der Waals surface area (Å²) < 4.78 is 1.81. The van der Waals surface area contributed by atoms with E-state index in [9.17, 15) is 4.79 Å². The van der Waals surface area contributed by atoms with Gasteiger partial charge in [0.1, 0.15) is 5.82 Å². The summed E-state index contributed by atoms with van der Waals surface area (Å²) in [5.41, 5.74) is 0. The van der Waals surface area contributed by atoms with Crippen molar-refractivity contribution >= 4 is 17.7 Å². The van der Waals surface area contributed by atoms with Crippen LogP contribution in [0.2, 0.25) is 0 Å². The predicted molar refractivity (Wildman–Crippen MR) is 76.7 cm³/mol. The Hall–Kier alpha value is -1.90. The first-order valence-corrected chi connectivity index (χ1v) is 7.97. The Labute approximate surface area is 126 Å². The van der Waals surface area contributed by atoms with Gasteiger partial charge in [-0.1, -0.05) is 11.8 Å². The minimum absolute atomic E-state index is 0.00444. The third-order valence-electron chi connectivity index (χ3n) is 3.16. The number of rotatable bonds is 8. The maximum absolute atomic E-state index is 11.8. The summed E-state index contributed by atoms with van der Waals surface area (Å²) in [5, 5.41) is 15.2. The van der Waals surface area contributed by atoms with Crippen molar-refractivity contribution in [3.05, 3.63) is 18.2 Å². The molecule has 112 valence electrons. The highest BCUT2D eigenvalue weighted by Crippen LogP contribution is 2.36. The SMILES string of the molecule is O=C(CSc1nnnn1C1CC1)NCCCc1ncc[nH]1. The van der Waals surface area contributed by atoms with Gasteiger partial charge in [-0.3, -0.25) is 4.79 Å². The van der Waals surface area contributed by atoms with E-state index in [2.05, 4.69) is 30.8 Å². The van der Waals surface area contributed by atoms with Crippen LogP contribution in [0.4, 0.5) is 0 Å². The van der Waals surface area contributed by atoms with E-state index in [0.29, 0.717) is 18.3 Å². The fraction of sp³-hybridized carbons (Fsp3) is 0.583.